The number of hydrogen-bond acceptors (Lipinski definition) is 2. The SMILES string of the molecule is CCN1c2c(C)cccc2NC(=O)CC1C. The zero-order valence-corrected chi connectivity index (χ0v) is 10.1. The molecule has 0 saturated carbocycles. The molecule has 0 spiro atoms. The van der Waals surface area contributed by atoms with E-state index in [2.05, 4.69) is 37.1 Å². The minimum atomic E-state index is 0.107. The zero-order chi connectivity index (χ0) is 11.7. The standard InChI is InChI=1S/C13H18N2O/c1-4-15-10(3)8-12(16)14-11-7-5-6-9(2)13(11)15/h5-7,10H,4,8H2,1-3H3,(H,14,16). The molecular formula is C13H18N2O. The van der Waals surface area contributed by atoms with Gasteiger partial charge in [0.05, 0.1) is 11.4 Å². The van der Waals surface area contributed by atoms with Crippen LogP contribution in [0.15, 0.2) is 18.2 Å². The molecule has 3 nitrogen and oxygen atoms in total. The van der Waals surface area contributed by atoms with E-state index in [1.807, 2.05) is 12.1 Å². The first-order valence-electron chi connectivity index (χ1n) is 5.79. The van der Waals surface area contributed by atoms with Gasteiger partial charge in [0, 0.05) is 19.0 Å². The molecule has 1 aliphatic heterocycles. The molecule has 1 N–H and O–H groups in total. The van der Waals surface area contributed by atoms with E-state index in [-0.39, 0.29) is 11.9 Å². The molecule has 16 heavy (non-hydrogen) atoms. The quantitative estimate of drug-likeness (QED) is 0.785. The van der Waals surface area contributed by atoms with E-state index >= 15 is 0 Å². The monoisotopic (exact) mass is 218 g/mol. The lowest BCUT2D eigenvalue weighted by atomic mass is 10.1. The number of aryl methyl sites for hydroxylation is 1. The maximum atomic E-state index is 11.7. The summed E-state index contributed by atoms with van der Waals surface area (Å²) in [4.78, 5) is 14.0. The first kappa shape index (κ1) is 11.0. The number of amides is 1. The Morgan fingerprint density at radius 2 is 2.25 bits per heavy atom. The van der Waals surface area contributed by atoms with Gasteiger partial charge < -0.3 is 10.2 Å². The van der Waals surface area contributed by atoms with Crippen LogP contribution < -0.4 is 10.2 Å². The lowest BCUT2D eigenvalue weighted by Crippen LogP contribution is -2.33. The number of para-hydroxylation sites is 1. The highest BCUT2D eigenvalue weighted by Gasteiger charge is 2.24. The third-order valence-corrected chi connectivity index (χ3v) is 3.15. The molecule has 3 heteroatoms. The summed E-state index contributed by atoms with van der Waals surface area (Å²) in [5, 5.41) is 2.98. The Hall–Kier alpha value is -1.51. The molecule has 0 fully saturated rings. The molecule has 1 aromatic carbocycles. The van der Waals surface area contributed by atoms with E-state index < -0.39 is 0 Å². The molecule has 0 aromatic heterocycles. The summed E-state index contributed by atoms with van der Waals surface area (Å²) in [7, 11) is 0. The smallest absolute Gasteiger partial charge is 0.226 e. The number of hydrogen-bond donors (Lipinski definition) is 1. The van der Waals surface area contributed by atoms with Gasteiger partial charge in [-0.3, -0.25) is 4.79 Å². The average Bonchev–Trinajstić information content (AvgIpc) is 2.34. The lowest BCUT2D eigenvalue weighted by molar-refractivity contribution is -0.116. The van der Waals surface area contributed by atoms with Gasteiger partial charge in [0.2, 0.25) is 5.91 Å². The second-order valence-electron chi connectivity index (χ2n) is 4.36. The van der Waals surface area contributed by atoms with Gasteiger partial charge >= 0.3 is 0 Å². The second kappa shape index (κ2) is 4.16. The van der Waals surface area contributed by atoms with Crippen molar-refractivity contribution < 1.29 is 4.79 Å². The van der Waals surface area contributed by atoms with Gasteiger partial charge in [0.25, 0.3) is 0 Å². The minimum Gasteiger partial charge on any atom is -0.367 e. The van der Waals surface area contributed by atoms with Crippen LogP contribution >= 0.6 is 0 Å². The van der Waals surface area contributed by atoms with E-state index in [1.54, 1.807) is 0 Å². The van der Waals surface area contributed by atoms with Crippen molar-refractivity contribution in [3.63, 3.8) is 0 Å². The van der Waals surface area contributed by atoms with Crippen LogP contribution in [0.25, 0.3) is 0 Å². The molecule has 0 bridgehead atoms. The van der Waals surface area contributed by atoms with Crippen LogP contribution in [0.2, 0.25) is 0 Å². The van der Waals surface area contributed by atoms with Gasteiger partial charge in [0.15, 0.2) is 0 Å². The Morgan fingerprint density at radius 1 is 1.50 bits per heavy atom. The molecule has 1 aliphatic rings. The molecule has 1 aromatic rings. The first-order chi connectivity index (χ1) is 7.63. The van der Waals surface area contributed by atoms with Crippen LogP contribution in [0.3, 0.4) is 0 Å². The van der Waals surface area contributed by atoms with Gasteiger partial charge in [-0.05, 0) is 32.4 Å². The highest BCUT2D eigenvalue weighted by molar-refractivity contribution is 5.97. The van der Waals surface area contributed by atoms with Crippen molar-refractivity contribution in [3.8, 4) is 0 Å². The number of nitrogens with zero attached hydrogens (tertiary/aromatic N) is 1. The van der Waals surface area contributed by atoms with Crippen LogP contribution in [-0.4, -0.2) is 18.5 Å². The third-order valence-electron chi connectivity index (χ3n) is 3.15. The number of nitrogens with one attached hydrogen (secondary N) is 1. The topological polar surface area (TPSA) is 32.3 Å². The predicted molar refractivity (Wildman–Crippen MR) is 66.9 cm³/mol. The van der Waals surface area contributed by atoms with E-state index in [9.17, 15) is 4.79 Å². The Morgan fingerprint density at radius 3 is 2.94 bits per heavy atom. The van der Waals surface area contributed by atoms with Crippen LogP contribution in [0, 0.1) is 6.92 Å². The number of fused-ring (bicyclic) bond motifs is 1. The maximum absolute atomic E-state index is 11.7. The summed E-state index contributed by atoms with van der Waals surface area (Å²) in [6, 6.07) is 6.30. The molecule has 2 rings (SSSR count). The largest absolute Gasteiger partial charge is 0.367 e. The predicted octanol–water partition coefficient (Wildman–Crippen LogP) is 2.55. The summed E-state index contributed by atoms with van der Waals surface area (Å²) >= 11 is 0. The van der Waals surface area contributed by atoms with E-state index in [0.717, 1.165) is 12.2 Å². The fourth-order valence-electron chi connectivity index (χ4n) is 2.41. The van der Waals surface area contributed by atoms with Crippen molar-refractivity contribution in [2.45, 2.75) is 33.2 Å². The summed E-state index contributed by atoms with van der Waals surface area (Å²) in [5.41, 5.74) is 3.33. The van der Waals surface area contributed by atoms with Gasteiger partial charge in [-0.1, -0.05) is 12.1 Å². The highest BCUT2D eigenvalue weighted by atomic mass is 16.1. The third kappa shape index (κ3) is 1.77. The van der Waals surface area contributed by atoms with E-state index in [4.69, 9.17) is 0 Å². The van der Waals surface area contributed by atoms with Crippen LogP contribution in [0.5, 0.6) is 0 Å². The fraction of sp³-hybridized carbons (Fsp3) is 0.462. The fourth-order valence-corrected chi connectivity index (χ4v) is 2.41. The normalized spacial score (nSPS) is 20.1. The van der Waals surface area contributed by atoms with Crippen molar-refractivity contribution in [2.24, 2.45) is 0 Å². The first-order valence-corrected chi connectivity index (χ1v) is 5.79. The molecule has 0 aliphatic carbocycles. The minimum absolute atomic E-state index is 0.107. The maximum Gasteiger partial charge on any atom is 0.226 e. The van der Waals surface area contributed by atoms with Crippen LogP contribution in [-0.2, 0) is 4.79 Å². The Labute approximate surface area is 96.5 Å². The molecule has 0 radical (unpaired) electrons. The van der Waals surface area contributed by atoms with Crippen molar-refractivity contribution in [3.05, 3.63) is 23.8 Å². The number of benzene rings is 1. The van der Waals surface area contributed by atoms with Crippen molar-refractivity contribution >= 4 is 17.3 Å². The van der Waals surface area contributed by atoms with Crippen LogP contribution in [0.4, 0.5) is 11.4 Å². The number of anilines is 2. The van der Waals surface area contributed by atoms with Gasteiger partial charge in [0.1, 0.15) is 0 Å². The molecule has 86 valence electrons. The Balaban J connectivity index is 2.55. The van der Waals surface area contributed by atoms with E-state index in [0.29, 0.717) is 6.42 Å². The number of carbonyl (C=O) groups is 1. The van der Waals surface area contributed by atoms with Crippen molar-refractivity contribution in [1.82, 2.24) is 0 Å². The summed E-state index contributed by atoms with van der Waals surface area (Å²) < 4.78 is 0. The lowest BCUT2D eigenvalue weighted by Gasteiger charge is -2.29. The second-order valence-corrected chi connectivity index (χ2v) is 4.36. The number of carbonyl (C=O) groups excluding carboxylic acids is 1. The molecule has 0 saturated heterocycles. The van der Waals surface area contributed by atoms with Gasteiger partial charge in [-0.15, -0.1) is 0 Å². The van der Waals surface area contributed by atoms with Crippen molar-refractivity contribution in [1.29, 1.82) is 0 Å². The molecule has 1 heterocycles. The summed E-state index contributed by atoms with van der Waals surface area (Å²) in [5.74, 6) is 0.107. The average molecular weight is 218 g/mol. The zero-order valence-electron chi connectivity index (χ0n) is 10.1. The molecule has 1 atom stereocenters. The number of rotatable bonds is 1. The van der Waals surface area contributed by atoms with Crippen LogP contribution in [0.1, 0.15) is 25.8 Å². The Kier molecular flexibility index (Phi) is 2.86. The molecular weight excluding hydrogens is 200 g/mol. The molecule has 1 unspecified atom stereocenters. The van der Waals surface area contributed by atoms with Crippen molar-refractivity contribution in [2.75, 3.05) is 16.8 Å². The highest BCUT2D eigenvalue weighted by Crippen LogP contribution is 2.33. The van der Waals surface area contributed by atoms with Gasteiger partial charge in [-0.25, -0.2) is 0 Å². The Bertz CT molecular complexity index is 414. The summed E-state index contributed by atoms with van der Waals surface area (Å²) in [6.07, 6.45) is 0.557. The molecule has 1 amide bonds. The summed E-state index contributed by atoms with van der Waals surface area (Å²) in [6.45, 7) is 7.24. The van der Waals surface area contributed by atoms with E-state index in [1.165, 1.54) is 11.3 Å². The van der Waals surface area contributed by atoms with Gasteiger partial charge in [-0.2, -0.15) is 0 Å².